The van der Waals surface area contributed by atoms with E-state index in [1.54, 1.807) is 24.1 Å². The van der Waals surface area contributed by atoms with Crippen molar-refractivity contribution in [3.8, 4) is 11.5 Å². The van der Waals surface area contributed by atoms with Crippen molar-refractivity contribution in [3.05, 3.63) is 89.9 Å². The molecule has 4 aromatic rings. The predicted molar refractivity (Wildman–Crippen MR) is 170 cm³/mol. The molecule has 44 heavy (non-hydrogen) atoms. The summed E-state index contributed by atoms with van der Waals surface area (Å²) in [6.45, 7) is 3.57. The van der Waals surface area contributed by atoms with Gasteiger partial charge < -0.3 is 34.9 Å². The molecule has 0 saturated carbocycles. The van der Waals surface area contributed by atoms with Crippen LogP contribution < -0.4 is 20.1 Å². The van der Waals surface area contributed by atoms with E-state index in [0.29, 0.717) is 49.7 Å². The lowest BCUT2D eigenvalue weighted by molar-refractivity contribution is -0.118. The average Bonchev–Trinajstić information content (AvgIpc) is 3.45. The molecule has 5 rings (SSSR count). The smallest absolute Gasteiger partial charge is 0.318 e. The number of amides is 3. The molecular formula is C34H40FN5O4. The van der Waals surface area contributed by atoms with Crippen LogP contribution in [-0.2, 0) is 11.3 Å². The van der Waals surface area contributed by atoms with Gasteiger partial charge in [0.15, 0.2) is 0 Å². The minimum Gasteiger partial charge on any atom is -0.495 e. The Morgan fingerprint density at radius 1 is 1.07 bits per heavy atom. The number of rotatable bonds is 10. The number of hydrogen-bond donors (Lipinski definition) is 3. The highest BCUT2D eigenvalue weighted by atomic mass is 19.1. The summed E-state index contributed by atoms with van der Waals surface area (Å²) in [7, 11) is 5.52. The predicted octanol–water partition coefficient (Wildman–Crippen LogP) is 5.74. The van der Waals surface area contributed by atoms with Crippen LogP contribution in [0.1, 0.15) is 36.8 Å². The first-order chi connectivity index (χ1) is 21.2. The Hall–Kier alpha value is -4.57. The van der Waals surface area contributed by atoms with Crippen molar-refractivity contribution in [2.45, 2.75) is 44.4 Å². The van der Waals surface area contributed by atoms with Crippen molar-refractivity contribution >= 4 is 28.5 Å². The van der Waals surface area contributed by atoms with Gasteiger partial charge in [0, 0.05) is 55.5 Å². The van der Waals surface area contributed by atoms with E-state index >= 15 is 0 Å². The summed E-state index contributed by atoms with van der Waals surface area (Å²) in [5.41, 5.74) is 3.45. The number of carbonyl (C=O) groups is 2. The average molecular weight is 602 g/mol. The van der Waals surface area contributed by atoms with E-state index < -0.39 is 6.04 Å². The molecule has 0 bridgehead atoms. The van der Waals surface area contributed by atoms with Gasteiger partial charge in [-0.3, -0.25) is 4.79 Å². The topological polar surface area (TPSA) is 98.9 Å². The second-order valence-electron chi connectivity index (χ2n) is 11.5. The quantitative estimate of drug-likeness (QED) is 0.215. The van der Waals surface area contributed by atoms with Crippen LogP contribution in [0.4, 0.5) is 14.9 Å². The molecule has 1 aliphatic rings. The number of nitrogens with zero attached hydrogens (tertiary/aromatic N) is 2. The molecule has 3 amide bonds. The Labute approximate surface area is 257 Å². The van der Waals surface area contributed by atoms with Crippen molar-refractivity contribution < 1.29 is 23.5 Å². The van der Waals surface area contributed by atoms with Crippen LogP contribution in [0.15, 0.2) is 72.9 Å². The van der Waals surface area contributed by atoms with Crippen LogP contribution in [0.5, 0.6) is 11.5 Å². The van der Waals surface area contributed by atoms with Gasteiger partial charge in [-0.05, 0) is 67.7 Å². The number of likely N-dealkylation sites (tertiary alicyclic amines) is 1. The first kappa shape index (κ1) is 30.9. The van der Waals surface area contributed by atoms with Crippen LogP contribution in [0.2, 0.25) is 0 Å². The number of hydrogen-bond acceptors (Lipinski definition) is 5. The molecule has 1 fully saturated rings. The highest BCUT2D eigenvalue weighted by Gasteiger charge is 2.33. The van der Waals surface area contributed by atoms with Crippen LogP contribution in [0.3, 0.4) is 0 Å². The van der Waals surface area contributed by atoms with Gasteiger partial charge in [-0.25, -0.2) is 9.18 Å². The number of aromatic amines is 1. The zero-order valence-electron chi connectivity index (χ0n) is 25.6. The number of piperidine rings is 1. The summed E-state index contributed by atoms with van der Waals surface area (Å²) in [5.74, 6) is 0.123. The first-order valence-corrected chi connectivity index (χ1v) is 14.9. The third kappa shape index (κ3) is 7.31. The molecule has 1 aliphatic heterocycles. The first-order valence-electron chi connectivity index (χ1n) is 14.9. The molecule has 0 aliphatic carbocycles. The maximum Gasteiger partial charge on any atom is 0.318 e. The summed E-state index contributed by atoms with van der Waals surface area (Å²) in [6, 6.07) is 18.4. The lowest BCUT2D eigenvalue weighted by atomic mass is 9.92. The fourth-order valence-corrected chi connectivity index (χ4v) is 5.70. The van der Waals surface area contributed by atoms with Gasteiger partial charge in [0.05, 0.1) is 12.8 Å². The molecule has 2 heterocycles. The summed E-state index contributed by atoms with van der Waals surface area (Å²) < 4.78 is 24.8. The molecule has 1 saturated heterocycles. The number of carbonyl (C=O) groups excluding carboxylic acids is 2. The number of methoxy groups -OCH3 is 1. The largest absolute Gasteiger partial charge is 0.495 e. The van der Waals surface area contributed by atoms with Gasteiger partial charge in [0.1, 0.15) is 29.5 Å². The van der Waals surface area contributed by atoms with Crippen molar-refractivity contribution in [1.29, 1.82) is 0 Å². The molecule has 9 nitrogen and oxygen atoms in total. The number of halogens is 1. The van der Waals surface area contributed by atoms with E-state index in [4.69, 9.17) is 9.47 Å². The van der Waals surface area contributed by atoms with Gasteiger partial charge >= 0.3 is 6.03 Å². The number of nitrogens with one attached hydrogen (secondary N) is 3. The normalized spacial score (nSPS) is 15.2. The fraction of sp³-hybridized carbons (Fsp3) is 0.353. The van der Waals surface area contributed by atoms with Crippen LogP contribution in [0, 0.1) is 5.82 Å². The molecular weight excluding hydrogens is 561 g/mol. The third-order valence-electron chi connectivity index (χ3n) is 8.04. The molecule has 3 N–H and O–H groups in total. The van der Waals surface area contributed by atoms with E-state index in [0.717, 1.165) is 22.0 Å². The molecule has 2 unspecified atom stereocenters. The molecule has 2 atom stereocenters. The Balaban J connectivity index is 1.33. The fourth-order valence-electron chi connectivity index (χ4n) is 5.70. The van der Waals surface area contributed by atoms with E-state index in [9.17, 15) is 14.0 Å². The highest BCUT2D eigenvalue weighted by Crippen LogP contribution is 2.31. The summed E-state index contributed by atoms with van der Waals surface area (Å²) >= 11 is 0. The highest BCUT2D eigenvalue weighted by molar-refractivity contribution is 5.99. The third-order valence-corrected chi connectivity index (χ3v) is 8.04. The monoisotopic (exact) mass is 601 g/mol. The zero-order valence-corrected chi connectivity index (χ0v) is 25.6. The summed E-state index contributed by atoms with van der Waals surface area (Å²) in [6.07, 6.45) is 3.05. The number of ether oxygens (including phenoxy) is 2. The second-order valence-corrected chi connectivity index (χ2v) is 11.5. The number of urea groups is 1. The number of fused-ring (bicyclic) bond motifs is 1. The van der Waals surface area contributed by atoms with Crippen LogP contribution >= 0.6 is 0 Å². The Kier molecular flexibility index (Phi) is 9.69. The van der Waals surface area contributed by atoms with Gasteiger partial charge in [-0.15, -0.1) is 0 Å². The maximum absolute atomic E-state index is 14.0. The number of aromatic nitrogens is 1. The molecule has 0 radical (unpaired) electrons. The van der Waals surface area contributed by atoms with Gasteiger partial charge in [-0.1, -0.05) is 31.2 Å². The molecule has 10 heteroatoms. The van der Waals surface area contributed by atoms with Crippen LogP contribution in [-0.4, -0.2) is 73.2 Å². The summed E-state index contributed by atoms with van der Waals surface area (Å²) in [4.78, 5) is 34.7. The van der Waals surface area contributed by atoms with E-state index in [2.05, 4.69) is 15.6 Å². The van der Waals surface area contributed by atoms with E-state index in [-0.39, 0.29) is 29.8 Å². The van der Waals surface area contributed by atoms with Gasteiger partial charge in [0.25, 0.3) is 0 Å². The maximum atomic E-state index is 14.0. The van der Waals surface area contributed by atoms with E-state index in [1.807, 2.05) is 74.6 Å². The number of benzene rings is 3. The SMILES string of the molecule is COc1ccc(CN(C)C)cc1NC(=O)C(NC(=O)N1CCC(Oc2ccc(F)cc2)CC1)C(C)c1c[nH]c2ccccc12. The summed E-state index contributed by atoms with van der Waals surface area (Å²) in [5, 5.41) is 7.08. The Bertz CT molecular complexity index is 1580. The zero-order chi connectivity index (χ0) is 31.2. The lowest BCUT2D eigenvalue weighted by Gasteiger charge is -2.34. The minimum atomic E-state index is -0.878. The number of H-pyrrole nitrogens is 1. The van der Waals surface area contributed by atoms with Crippen molar-refractivity contribution in [1.82, 2.24) is 20.1 Å². The van der Waals surface area contributed by atoms with Gasteiger partial charge in [0.2, 0.25) is 5.91 Å². The van der Waals surface area contributed by atoms with Crippen LogP contribution in [0.25, 0.3) is 10.9 Å². The Morgan fingerprint density at radius 2 is 1.80 bits per heavy atom. The minimum absolute atomic E-state index is 0.0874. The Morgan fingerprint density at radius 3 is 2.50 bits per heavy atom. The lowest BCUT2D eigenvalue weighted by Crippen LogP contribution is -2.53. The number of anilines is 1. The van der Waals surface area contributed by atoms with Crippen molar-refractivity contribution in [2.75, 3.05) is 39.6 Å². The van der Waals surface area contributed by atoms with Crippen molar-refractivity contribution in [2.24, 2.45) is 0 Å². The second kappa shape index (κ2) is 13.8. The molecule has 3 aromatic carbocycles. The standard InChI is InChI=1S/C34H40FN5O4/c1-22(28-20-36-29-8-6-5-7-27(28)29)32(33(41)37-30-19-23(21-39(2)3)9-14-31(30)43-4)38-34(42)40-17-15-26(16-18-40)44-25-12-10-24(35)11-13-25/h5-14,19-20,22,26,32,36H,15-18,21H2,1-4H3,(H,37,41)(H,38,42). The molecule has 1 aromatic heterocycles. The molecule has 0 spiro atoms. The molecule has 232 valence electrons. The van der Waals surface area contributed by atoms with E-state index in [1.165, 1.54) is 12.1 Å². The van der Waals surface area contributed by atoms with Crippen molar-refractivity contribution in [3.63, 3.8) is 0 Å². The van der Waals surface area contributed by atoms with Gasteiger partial charge in [-0.2, -0.15) is 0 Å². The number of para-hydroxylation sites is 1.